The van der Waals surface area contributed by atoms with Crippen molar-refractivity contribution in [2.24, 2.45) is 5.73 Å². The van der Waals surface area contributed by atoms with Gasteiger partial charge in [0.05, 0.1) is 0 Å². The van der Waals surface area contributed by atoms with E-state index in [4.69, 9.17) is 10.5 Å². The molecule has 1 amide bonds. The number of carbonyl (C=O) groups excluding carboxylic acids is 2. The maximum Gasteiger partial charge on any atom is 0.326 e. The minimum atomic E-state index is -1.01. The van der Waals surface area contributed by atoms with Crippen molar-refractivity contribution in [3.05, 3.63) is 72.9 Å². The first-order valence-corrected chi connectivity index (χ1v) is 24.3. The number of esters is 1. The van der Waals surface area contributed by atoms with Crippen molar-refractivity contribution in [2.45, 2.75) is 231 Å². The third-order valence-corrected chi connectivity index (χ3v) is 10.5. The number of hydrogen-bond donors (Lipinski definition) is 3. The fourth-order valence-electron chi connectivity index (χ4n) is 6.88. The molecule has 0 rings (SSSR count). The van der Waals surface area contributed by atoms with E-state index in [-0.39, 0.29) is 18.0 Å². The van der Waals surface area contributed by atoms with Gasteiger partial charge in [-0.1, -0.05) is 157 Å². The van der Waals surface area contributed by atoms with E-state index in [9.17, 15) is 19.5 Å². The maximum atomic E-state index is 12.9. The van der Waals surface area contributed by atoms with E-state index in [0.29, 0.717) is 32.2 Å². The van der Waals surface area contributed by atoms with Gasteiger partial charge >= 0.3 is 11.9 Å². The van der Waals surface area contributed by atoms with E-state index in [1.54, 1.807) is 0 Å². The smallest absolute Gasteiger partial charge is 0.326 e. The highest BCUT2D eigenvalue weighted by Gasteiger charge is 2.19. The summed E-state index contributed by atoms with van der Waals surface area (Å²) in [6.07, 6.45) is 59.5. The average molecular weight is 823 g/mol. The average Bonchev–Trinajstić information content (AvgIpc) is 3.22. The summed E-state index contributed by atoms with van der Waals surface area (Å²) in [5.74, 6) is -1.27. The fraction of sp³-hybridized carbons (Fsp3) is 0.712. The molecule has 7 heteroatoms. The number of hydrogen-bond acceptors (Lipinski definition) is 5. The number of rotatable bonds is 43. The summed E-state index contributed by atoms with van der Waals surface area (Å²) in [6.45, 7) is 4.82. The molecule has 2 atom stereocenters. The lowest BCUT2D eigenvalue weighted by Crippen LogP contribution is -2.40. The Morgan fingerprint density at radius 2 is 0.932 bits per heavy atom. The molecule has 0 aromatic carbocycles. The first-order valence-electron chi connectivity index (χ1n) is 24.3. The van der Waals surface area contributed by atoms with Crippen LogP contribution < -0.4 is 11.1 Å². The van der Waals surface area contributed by atoms with Crippen LogP contribution in [0.2, 0.25) is 0 Å². The number of allylic oxidation sites excluding steroid dienone is 12. The van der Waals surface area contributed by atoms with Gasteiger partial charge in [0.15, 0.2) is 0 Å². The van der Waals surface area contributed by atoms with Gasteiger partial charge in [-0.3, -0.25) is 9.59 Å². The standard InChI is InChI=1S/C52H90N2O5/c1-3-5-7-9-11-13-15-17-19-20-21-23-25-27-29-31-36-40-46-51(56)59-48(42-37-33-30-28-26-24-22-18-16-14-12-10-8-6-4-2)43-38-34-32-35-39-45-50(55)54-49(52(57)58)44-41-47-53/h6,8,12-15,18-20,22,26,28,48-49H,3-5,7,9-11,16-17,21,23-25,27,29-47,53H2,1-2H3,(H,54,55)(H,57,58)/b8-6-,14-12-,15-13-,20-19-,22-18-,28-26-. The third-order valence-electron chi connectivity index (χ3n) is 10.5. The molecule has 0 fully saturated rings. The predicted octanol–water partition coefficient (Wildman–Crippen LogP) is 14.3. The minimum absolute atomic E-state index is 0.0344. The third kappa shape index (κ3) is 42.7. The van der Waals surface area contributed by atoms with E-state index < -0.39 is 12.0 Å². The van der Waals surface area contributed by atoms with Gasteiger partial charge in [0.2, 0.25) is 5.91 Å². The number of amides is 1. The van der Waals surface area contributed by atoms with Gasteiger partial charge in [-0.15, -0.1) is 0 Å². The van der Waals surface area contributed by atoms with Crippen LogP contribution in [0.4, 0.5) is 0 Å². The van der Waals surface area contributed by atoms with Crippen LogP contribution in [-0.4, -0.2) is 41.6 Å². The molecule has 4 N–H and O–H groups in total. The lowest BCUT2D eigenvalue weighted by atomic mass is 10.0. The molecular weight excluding hydrogens is 733 g/mol. The van der Waals surface area contributed by atoms with E-state index in [2.05, 4.69) is 92.1 Å². The predicted molar refractivity (Wildman–Crippen MR) is 252 cm³/mol. The highest BCUT2D eigenvalue weighted by atomic mass is 16.5. The molecule has 0 heterocycles. The summed E-state index contributed by atoms with van der Waals surface area (Å²) in [7, 11) is 0. The highest BCUT2D eigenvalue weighted by Crippen LogP contribution is 2.18. The molecule has 7 nitrogen and oxygen atoms in total. The van der Waals surface area contributed by atoms with E-state index in [1.807, 2.05) is 0 Å². The number of carboxylic acids is 1. The maximum absolute atomic E-state index is 12.9. The minimum Gasteiger partial charge on any atom is -0.480 e. The van der Waals surface area contributed by atoms with Gasteiger partial charge in [0.1, 0.15) is 12.1 Å². The van der Waals surface area contributed by atoms with Gasteiger partial charge < -0.3 is 20.9 Å². The van der Waals surface area contributed by atoms with Crippen molar-refractivity contribution >= 4 is 17.8 Å². The molecule has 0 aromatic rings. The molecule has 0 saturated heterocycles. The molecule has 2 unspecified atom stereocenters. The van der Waals surface area contributed by atoms with Crippen molar-refractivity contribution in [3.8, 4) is 0 Å². The van der Waals surface area contributed by atoms with Crippen molar-refractivity contribution in [1.29, 1.82) is 0 Å². The van der Waals surface area contributed by atoms with Gasteiger partial charge in [-0.25, -0.2) is 4.79 Å². The molecule has 338 valence electrons. The Morgan fingerprint density at radius 3 is 1.44 bits per heavy atom. The summed E-state index contributed by atoms with van der Waals surface area (Å²) in [6, 6.07) is -0.866. The molecule has 0 radical (unpaired) electrons. The molecular formula is C52H90N2O5. The zero-order valence-electron chi connectivity index (χ0n) is 38.1. The van der Waals surface area contributed by atoms with E-state index >= 15 is 0 Å². The zero-order chi connectivity index (χ0) is 43.1. The second-order valence-corrected chi connectivity index (χ2v) is 16.1. The Morgan fingerprint density at radius 1 is 0.508 bits per heavy atom. The summed E-state index contributed by atoms with van der Waals surface area (Å²) in [5, 5.41) is 12.0. The largest absolute Gasteiger partial charge is 0.480 e. The van der Waals surface area contributed by atoms with Crippen LogP contribution in [0, 0.1) is 0 Å². The summed E-state index contributed by atoms with van der Waals surface area (Å²) in [5.41, 5.74) is 5.49. The Hall–Kier alpha value is -3.19. The first-order chi connectivity index (χ1) is 28.9. The fourth-order valence-corrected chi connectivity index (χ4v) is 6.88. The molecule has 59 heavy (non-hydrogen) atoms. The molecule has 0 aliphatic heterocycles. The lowest BCUT2D eigenvalue weighted by Gasteiger charge is -2.18. The van der Waals surface area contributed by atoms with Crippen molar-refractivity contribution in [3.63, 3.8) is 0 Å². The van der Waals surface area contributed by atoms with Gasteiger partial charge in [-0.05, 0) is 129 Å². The van der Waals surface area contributed by atoms with Gasteiger partial charge in [0.25, 0.3) is 0 Å². The zero-order valence-corrected chi connectivity index (χ0v) is 38.1. The number of carbonyl (C=O) groups is 3. The van der Waals surface area contributed by atoms with Crippen LogP contribution >= 0.6 is 0 Å². The molecule has 0 spiro atoms. The number of nitrogens with one attached hydrogen (secondary N) is 1. The SMILES string of the molecule is CC/C=C\C/C=C\C/C=C\C/C=C\CCCCC(CCCCCCCC(=O)NC(CCCN)C(=O)O)OC(=O)CCCCCCCCC/C=C\C/C=C\CCCCCC. The van der Waals surface area contributed by atoms with Crippen LogP contribution in [-0.2, 0) is 19.1 Å². The summed E-state index contributed by atoms with van der Waals surface area (Å²) in [4.78, 5) is 36.5. The Kier molecular flexibility index (Phi) is 43.4. The van der Waals surface area contributed by atoms with Gasteiger partial charge in [0, 0.05) is 12.8 Å². The van der Waals surface area contributed by atoms with Crippen molar-refractivity contribution in [2.75, 3.05) is 6.54 Å². The summed E-state index contributed by atoms with van der Waals surface area (Å²) >= 11 is 0. The number of unbranched alkanes of at least 4 members (excludes halogenated alkanes) is 17. The molecule has 0 aliphatic rings. The summed E-state index contributed by atoms with van der Waals surface area (Å²) < 4.78 is 6.05. The number of nitrogens with two attached hydrogens (primary N) is 1. The Labute approximate surface area is 362 Å². The van der Waals surface area contributed by atoms with Crippen LogP contribution in [0.25, 0.3) is 0 Å². The van der Waals surface area contributed by atoms with Crippen molar-refractivity contribution in [1.82, 2.24) is 5.32 Å². The quantitative estimate of drug-likeness (QED) is 0.0320. The van der Waals surface area contributed by atoms with Gasteiger partial charge in [-0.2, -0.15) is 0 Å². The lowest BCUT2D eigenvalue weighted by molar-refractivity contribution is -0.150. The molecule has 0 saturated carbocycles. The first kappa shape index (κ1) is 55.8. The van der Waals surface area contributed by atoms with Crippen LogP contribution in [0.15, 0.2) is 72.9 Å². The molecule has 0 aromatic heterocycles. The van der Waals surface area contributed by atoms with Crippen LogP contribution in [0.3, 0.4) is 0 Å². The monoisotopic (exact) mass is 823 g/mol. The molecule has 0 bridgehead atoms. The molecule has 0 aliphatic carbocycles. The highest BCUT2D eigenvalue weighted by molar-refractivity contribution is 5.83. The van der Waals surface area contributed by atoms with E-state index in [1.165, 1.54) is 70.6 Å². The Bertz CT molecular complexity index is 1150. The number of ether oxygens (including phenoxy) is 1. The second-order valence-electron chi connectivity index (χ2n) is 16.1. The van der Waals surface area contributed by atoms with Crippen LogP contribution in [0.5, 0.6) is 0 Å². The Balaban J connectivity index is 4.41. The van der Waals surface area contributed by atoms with E-state index in [0.717, 1.165) is 109 Å². The second kappa shape index (κ2) is 45.9. The normalized spacial score (nSPS) is 13.3. The number of carboxylic acid groups (broad SMARTS) is 1. The van der Waals surface area contributed by atoms with Crippen LogP contribution in [0.1, 0.15) is 219 Å². The van der Waals surface area contributed by atoms with Crippen molar-refractivity contribution < 1.29 is 24.2 Å². The topological polar surface area (TPSA) is 119 Å². The number of aliphatic carboxylic acids is 1.